The Morgan fingerprint density at radius 2 is 1.79 bits per heavy atom. The van der Waals surface area contributed by atoms with Gasteiger partial charge in [0, 0.05) is 18.2 Å². The molecule has 0 spiro atoms. The number of nitrogens with one attached hydrogen (secondary N) is 2. The number of nitrogens with zero attached hydrogens (tertiary/aromatic N) is 1. The SMILES string of the molecule is CC(C)NC(=O)c1ccc(S(=O)(=O)NCCCN2CCCC2)cc1. The molecule has 1 fully saturated rings. The van der Waals surface area contributed by atoms with Crippen molar-refractivity contribution in [2.75, 3.05) is 26.2 Å². The van der Waals surface area contributed by atoms with Gasteiger partial charge in [-0.1, -0.05) is 0 Å². The minimum absolute atomic E-state index is 0.0400. The molecule has 1 aromatic carbocycles. The van der Waals surface area contributed by atoms with Crippen molar-refractivity contribution in [1.29, 1.82) is 0 Å². The molecule has 134 valence electrons. The number of amides is 1. The summed E-state index contributed by atoms with van der Waals surface area (Å²) < 4.78 is 27.1. The number of benzene rings is 1. The molecule has 2 N–H and O–H groups in total. The van der Waals surface area contributed by atoms with E-state index in [-0.39, 0.29) is 16.8 Å². The van der Waals surface area contributed by atoms with E-state index in [9.17, 15) is 13.2 Å². The highest BCUT2D eigenvalue weighted by atomic mass is 32.2. The van der Waals surface area contributed by atoms with Crippen LogP contribution in [-0.2, 0) is 10.0 Å². The Morgan fingerprint density at radius 1 is 1.17 bits per heavy atom. The van der Waals surface area contributed by atoms with Crippen molar-refractivity contribution in [2.45, 2.75) is 44.0 Å². The summed E-state index contributed by atoms with van der Waals surface area (Å²) in [4.78, 5) is 14.4. The molecule has 0 aliphatic carbocycles. The van der Waals surface area contributed by atoms with Gasteiger partial charge in [0.1, 0.15) is 0 Å². The van der Waals surface area contributed by atoms with E-state index >= 15 is 0 Å². The summed E-state index contributed by atoms with van der Waals surface area (Å²) >= 11 is 0. The monoisotopic (exact) mass is 353 g/mol. The fourth-order valence-corrected chi connectivity index (χ4v) is 3.80. The second-order valence-electron chi connectivity index (χ2n) is 6.45. The van der Waals surface area contributed by atoms with E-state index in [1.165, 1.54) is 37.1 Å². The molecule has 1 amide bonds. The van der Waals surface area contributed by atoms with E-state index in [0.29, 0.717) is 12.1 Å². The molecule has 2 rings (SSSR count). The highest BCUT2D eigenvalue weighted by Crippen LogP contribution is 2.11. The summed E-state index contributed by atoms with van der Waals surface area (Å²) in [5.41, 5.74) is 0.455. The Morgan fingerprint density at radius 3 is 2.38 bits per heavy atom. The molecule has 7 heteroatoms. The summed E-state index contributed by atoms with van der Waals surface area (Å²) in [6.07, 6.45) is 3.28. The molecule has 0 radical (unpaired) electrons. The largest absolute Gasteiger partial charge is 0.350 e. The van der Waals surface area contributed by atoms with Crippen molar-refractivity contribution in [3.63, 3.8) is 0 Å². The van der Waals surface area contributed by atoms with Crippen LogP contribution in [0.5, 0.6) is 0 Å². The highest BCUT2D eigenvalue weighted by molar-refractivity contribution is 7.89. The Kier molecular flexibility index (Phi) is 6.77. The second-order valence-corrected chi connectivity index (χ2v) is 8.22. The first-order valence-corrected chi connectivity index (χ1v) is 10.00. The van der Waals surface area contributed by atoms with Crippen LogP contribution in [0.25, 0.3) is 0 Å². The van der Waals surface area contributed by atoms with Gasteiger partial charge in [-0.25, -0.2) is 13.1 Å². The predicted molar refractivity (Wildman–Crippen MR) is 94.5 cm³/mol. The molecule has 1 saturated heterocycles. The van der Waals surface area contributed by atoms with E-state index in [2.05, 4.69) is 14.9 Å². The van der Waals surface area contributed by atoms with Crippen molar-refractivity contribution >= 4 is 15.9 Å². The molecule has 0 aromatic heterocycles. The van der Waals surface area contributed by atoms with E-state index in [4.69, 9.17) is 0 Å². The van der Waals surface area contributed by atoms with Crippen LogP contribution in [0.4, 0.5) is 0 Å². The van der Waals surface area contributed by atoms with Crippen molar-refractivity contribution in [1.82, 2.24) is 14.9 Å². The summed E-state index contributed by atoms with van der Waals surface area (Å²) in [6.45, 7) is 7.34. The molecule has 1 heterocycles. The first kappa shape index (κ1) is 18.9. The molecule has 24 heavy (non-hydrogen) atoms. The number of sulfonamides is 1. The smallest absolute Gasteiger partial charge is 0.251 e. The maximum atomic E-state index is 12.3. The Bertz CT molecular complexity index is 636. The number of likely N-dealkylation sites (tertiary alicyclic amines) is 1. The van der Waals surface area contributed by atoms with Crippen LogP contribution in [0.2, 0.25) is 0 Å². The van der Waals surface area contributed by atoms with E-state index in [1.54, 1.807) is 0 Å². The molecule has 1 aromatic rings. The number of carbonyl (C=O) groups excluding carboxylic acids is 1. The van der Waals surface area contributed by atoms with Gasteiger partial charge >= 0.3 is 0 Å². The number of carbonyl (C=O) groups is 1. The van der Waals surface area contributed by atoms with E-state index in [0.717, 1.165) is 26.1 Å². The Labute approximate surface area is 144 Å². The fourth-order valence-electron chi connectivity index (χ4n) is 2.73. The summed E-state index contributed by atoms with van der Waals surface area (Å²) in [5, 5.41) is 2.78. The van der Waals surface area contributed by atoms with Gasteiger partial charge in [0.2, 0.25) is 10.0 Å². The van der Waals surface area contributed by atoms with E-state index in [1.807, 2.05) is 13.8 Å². The standard InChI is InChI=1S/C17H27N3O3S/c1-14(2)19-17(21)15-6-8-16(9-7-15)24(22,23)18-10-5-13-20-11-3-4-12-20/h6-9,14,18H,3-5,10-13H2,1-2H3,(H,19,21). The van der Waals surface area contributed by atoms with Crippen molar-refractivity contribution in [3.05, 3.63) is 29.8 Å². The summed E-state index contributed by atoms with van der Waals surface area (Å²) in [5.74, 6) is -0.201. The zero-order valence-corrected chi connectivity index (χ0v) is 15.2. The topological polar surface area (TPSA) is 78.5 Å². The molecular weight excluding hydrogens is 326 g/mol. The third-order valence-electron chi connectivity index (χ3n) is 3.99. The number of rotatable bonds is 8. The third kappa shape index (κ3) is 5.58. The van der Waals surface area contributed by atoms with Crippen LogP contribution in [0, 0.1) is 0 Å². The summed E-state index contributed by atoms with van der Waals surface area (Å²) in [6, 6.07) is 6.06. The van der Waals surface area contributed by atoms with Crippen LogP contribution in [0.3, 0.4) is 0 Å². The Balaban J connectivity index is 1.85. The van der Waals surface area contributed by atoms with E-state index < -0.39 is 10.0 Å². The normalized spacial score (nSPS) is 15.8. The minimum Gasteiger partial charge on any atom is -0.350 e. The molecule has 6 nitrogen and oxygen atoms in total. The molecule has 0 atom stereocenters. The van der Waals surface area contributed by atoms with Gasteiger partial charge in [0.25, 0.3) is 5.91 Å². The molecule has 1 aliphatic rings. The first-order valence-electron chi connectivity index (χ1n) is 8.51. The second kappa shape index (κ2) is 8.60. The lowest BCUT2D eigenvalue weighted by Gasteiger charge is -2.14. The zero-order chi connectivity index (χ0) is 17.6. The van der Waals surface area contributed by atoms with Gasteiger partial charge in [-0.15, -0.1) is 0 Å². The molecule has 1 aliphatic heterocycles. The van der Waals surface area contributed by atoms with Gasteiger partial charge in [-0.2, -0.15) is 0 Å². The zero-order valence-electron chi connectivity index (χ0n) is 14.4. The van der Waals surface area contributed by atoms with Crippen molar-refractivity contribution in [3.8, 4) is 0 Å². The molecular formula is C17H27N3O3S. The van der Waals surface area contributed by atoms with Gasteiger partial charge in [-0.3, -0.25) is 4.79 Å². The fraction of sp³-hybridized carbons (Fsp3) is 0.588. The number of hydrogen-bond acceptors (Lipinski definition) is 4. The maximum Gasteiger partial charge on any atom is 0.251 e. The average Bonchev–Trinajstić information content (AvgIpc) is 3.04. The maximum absolute atomic E-state index is 12.3. The first-order chi connectivity index (χ1) is 11.4. The van der Waals surface area contributed by atoms with Gasteiger partial charge in [0.15, 0.2) is 0 Å². The lowest BCUT2D eigenvalue weighted by molar-refractivity contribution is 0.0943. The van der Waals surface area contributed by atoms with Crippen molar-refractivity contribution < 1.29 is 13.2 Å². The summed E-state index contributed by atoms with van der Waals surface area (Å²) in [7, 11) is -3.52. The van der Waals surface area contributed by atoms with Crippen LogP contribution in [0.15, 0.2) is 29.2 Å². The molecule has 0 saturated carbocycles. The molecule has 0 bridgehead atoms. The van der Waals surface area contributed by atoms with Gasteiger partial charge in [0.05, 0.1) is 4.90 Å². The van der Waals surface area contributed by atoms with Crippen LogP contribution >= 0.6 is 0 Å². The van der Waals surface area contributed by atoms with Gasteiger partial charge in [-0.05, 0) is 77.0 Å². The average molecular weight is 353 g/mol. The van der Waals surface area contributed by atoms with Crippen LogP contribution in [-0.4, -0.2) is 51.4 Å². The lowest BCUT2D eigenvalue weighted by Crippen LogP contribution is -2.30. The highest BCUT2D eigenvalue weighted by Gasteiger charge is 2.16. The van der Waals surface area contributed by atoms with Crippen LogP contribution in [0.1, 0.15) is 43.5 Å². The third-order valence-corrected chi connectivity index (χ3v) is 5.47. The number of hydrogen-bond donors (Lipinski definition) is 2. The predicted octanol–water partition coefficient (Wildman–Crippen LogP) is 1.59. The minimum atomic E-state index is -3.52. The molecule has 0 unspecified atom stereocenters. The lowest BCUT2D eigenvalue weighted by atomic mass is 10.2. The Hall–Kier alpha value is -1.44. The van der Waals surface area contributed by atoms with Gasteiger partial charge < -0.3 is 10.2 Å². The quantitative estimate of drug-likeness (QED) is 0.696. The van der Waals surface area contributed by atoms with Crippen LogP contribution < -0.4 is 10.0 Å². The van der Waals surface area contributed by atoms with Crippen molar-refractivity contribution in [2.24, 2.45) is 0 Å².